The number of aliphatic hydroxyl groups excluding tert-OH is 1. The first-order valence-corrected chi connectivity index (χ1v) is 3.92. The van der Waals surface area contributed by atoms with Crippen LogP contribution in [0.25, 0.3) is 0 Å². The highest BCUT2D eigenvalue weighted by Crippen LogP contribution is 2.21. The highest BCUT2D eigenvalue weighted by Gasteiger charge is 2.06. The average Bonchev–Trinajstić information content (AvgIpc) is 2.13. The summed E-state index contributed by atoms with van der Waals surface area (Å²) >= 11 is 0. The number of rotatable bonds is 1. The van der Waals surface area contributed by atoms with Crippen molar-refractivity contribution < 1.29 is 9.50 Å². The van der Waals surface area contributed by atoms with E-state index in [1.807, 2.05) is 0 Å². The lowest BCUT2D eigenvalue weighted by molar-refractivity contribution is 0.428. The van der Waals surface area contributed by atoms with E-state index < -0.39 is 0 Å². The van der Waals surface area contributed by atoms with Gasteiger partial charge >= 0.3 is 0 Å². The molecule has 0 aromatic heterocycles. The second-order valence-corrected chi connectivity index (χ2v) is 2.95. The molecule has 1 aliphatic rings. The van der Waals surface area contributed by atoms with Crippen LogP contribution in [0.2, 0.25) is 0 Å². The first kappa shape index (κ1) is 9.56. The van der Waals surface area contributed by atoms with Crippen molar-refractivity contribution in [2.75, 3.05) is 0 Å². The molecule has 0 bridgehead atoms. The number of halogens is 1. The van der Waals surface area contributed by atoms with Crippen LogP contribution >= 0.6 is 0 Å². The summed E-state index contributed by atoms with van der Waals surface area (Å²) in [6.45, 7) is 6.73. The molecule has 0 amide bonds. The van der Waals surface area contributed by atoms with Gasteiger partial charge in [-0.1, -0.05) is 6.58 Å². The molecule has 0 radical (unpaired) electrons. The lowest BCUT2D eigenvalue weighted by Gasteiger charge is -2.00. The van der Waals surface area contributed by atoms with Crippen LogP contribution < -0.4 is 0 Å². The molecule has 0 heterocycles. The van der Waals surface area contributed by atoms with Gasteiger partial charge in [-0.3, -0.25) is 0 Å². The molecule has 0 aromatic carbocycles. The van der Waals surface area contributed by atoms with Gasteiger partial charge in [0.1, 0.15) is 11.6 Å². The van der Waals surface area contributed by atoms with E-state index in [1.165, 1.54) is 12.2 Å². The zero-order valence-electron chi connectivity index (χ0n) is 7.69. The van der Waals surface area contributed by atoms with Gasteiger partial charge in [-0.25, -0.2) is 4.39 Å². The first-order chi connectivity index (χ1) is 6.02. The fourth-order valence-electron chi connectivity index (χ4n) is 1.05. The Balaban J connectivity index is 3.31. The van der Waals surface area contributed by atoms with E-state index >= 15 is 0 Å². The molecular weight excluding hydrogens is 167 g/mol. The molecular formula is C11H11FO. The maximum Gasteiger partial charge on any atom is 0.134 e. The van der Waals surface area contributed by atoms with Gasteiger partial charge in [0, 0.05) is 11.1 Å². The summed E-state index contributed by atoms with van der Waals surface area (Å²) in [6.07, 6.45) is 2.90. The van der Waals surface area contributed by atoms with E-state index in [4.69, 9.17) is 5.11 Å². The van der Waals surface area contributed by atoms with Crippen molar-refractivity contribution in [2.24, 2.45) is 0 Å². The molecule has 0 spiro atoms. The highest BCUT2D eigenvalue weighted by atomic mass is 19.1. The Morgan fingerprint density at radius 1 is 1.54 bits per heavy atom. The molecule has 1 rings (SSSR count). The molecule has 0 unspecified atom stereocenters. The number of aliphatic hydroxyl groups is 1. The number of hydrogen-bond acceptors (Lipinski definition) is 1. The minimum atomic E-state index is -0.329. The minimum Gasteiger partial charge on any atom is -0.508 e. The van der Waals surface area contributed by atoms with E-state index in [-0.39, 0.29) is 11.6 Å². The normalized spacial score (nSPS) is 16.5. The van der Waals surface area contributed by atoms with Crippen LogP contribution in [0.5, 0.6) is 0 Å². The quantitative estimate of drug-likeness (QED) is 0.482. The van der Waals surface area contributed by atoms with Crippen molar-refractivity contribution in [3.63, 3.8) is 0 Å². The monoisotopic (exact) mass is 178 g/mol. The lowest BCUT2D eigenvalue weighted by atomic mass is 10.1. The van der Waals surface area contributed by atoms with E-state index in [2.05, 4.69) is 12.3 Å². The third kappa shape index (κ3) is 1.98. The molecule has 1 aliphatic carbocycles. The van der Waals surface area contributed by atoms with Gasteiger partial charge in [-0.15, -0.1) is 5.73 Å². The molecule has 68 valence electrons. The van der Waals surface area contributed by atoms with Crippen LogP contribution in [0.4, 0.5) is 4.39 Å². The maximum absolute atomic E-state index is 13.1. The third-order valence-corrected chi connectivity index (χ3v) is 1.87. The molecule has 0 atom stereocenters. The summed E-state index contributed by atoms with van der Waals surface area (Å²) in [7, 11) is 0. The Morgan fingerprint density at radius 2 is 2.15 bits per heavy atom. The topological polar surface area (TPSA) is 20.2 Å². The molecule has 0 saturated carbocycles. The third-order valence-electron chi connectivity index (χ3n) is 1.87. The second kappa shape index (κ2) is 3.46. The van der Waals surface area contributed by atoms with Gasteiger partial charge in [0.25, 0.3) is 0 Å². The van der Waals surface area contributed by atoms with Crippen molar-refractivity contribution in [3.8, 4) is 0 Å². The number of allylic oxidation sites excluding steroid dienone is 4. The van der Waals surface area contributed by atoms with E-state index in [0.29, 0.717) is 16.7 Å². The molecule has 0 aromatic rings. The zero-order valence-corrected chi connectivity index (χ0v) is 7.69. The zero-order chi connectivity index (χ0) is 10.0. The SMILES string of the molecule is C=C(O)C1=C(C)C=C(F)C(C)=C=C1. The van der Waals surface area contributed by atoms with Crippen molar-refractivity contribution in [1.29, 1.82) is 0 Å². The predicted octanol–water partition coefficient (Wildman–Crippen LogP) is 3.34. The Morgan fingerprint density at radius 3 is 2.69 bits per heavy atom. The van der Waals surface area contributed by atoms with Crippen LogP contribution in [0.1, 0.15) is 13.8 Å². The maximum atomic E-state index is 13.1. The summed E-state index contributed by atoms with van der Waals surface area (Å²) < 4.78 is 13.1. The van der Waals surface area contributed by atoms with Gasteiger partial charge in [-0.05, 0) is 31.6 Å². The Hall–Kier alpha value is -1.53. The molecule has 13 heavy (non-hydrogen) atoms. The molecule has 0 aliphatic heterocycles. The van der Waals surface area contributed by atoms with Gasteiger partial charge < -0.3 is 5.11 Å². The van der Waals surface area contributed by atoms with Crippen LogP contribution in [-0.2, 0) is 0 Å². The molecule has 0 fully saturated rings. The van der Waals surface area contributed by atoms with E-state index in [0.717, 1.165) is 0 Å². The van der Waals surface area contributed by atoms with Crippen molar-refractivity contribution in [2.45, 2.75) is 13.8 Å². The molecule has 2 heteroatoms. The second-order valence-electron chi connectivity index (χ2n) is 2.95. The van der Waals surface area contributed by atoms with Gasteiger partial charge in [0.05, 0.1) is 0 Å². The van der Waals surface area contributed by atoms with Crippen LogP contribution in [0, 0.1) is 0 Å². The van der Waals surface area contributed by atoms with Crippen molar-refractivity contribution in [1.82, 2.24) is 0 Å². The summed E-state index contributed by atoms with van der Waals surface area (Å²) in [6, 6.07) is 0. The smallest absolute Gasteiger partial charge is 0.134 e. The van der Waals surface area contributed by atoms with Crippen LogP contribution in [0.3, 0.4) is 0 Å². The summed E-state index contributed by atoms with van der Waals surface area (Å²) in [5, 5.41) is 9.16. The van der Waals surface area contributed by atoms with E-state index in [9.17, 15) is 4.39 Å². The fraction of sp³-hybridized carbons (Fsp3) is 0.182. The van der Waals surface area contributed by atoms with Crippen LogP contribution in [0.15, 0.2) is 52.8 Å². The Bertz CT molecular complexity index is 377. The largest absolute Gasteiger partial charge is 0.508 e. The number of hydrogen-bond donors (Lipinski definition) is 1. The summed E-state index contributed by atoms with van der Waals surface area (Å²) in [5.41, 5.74) is 4.32. The summed E-state index contributed by atoms with van der Waals surface area (Å²) in [5.74, 6) is -0.395. The van der Waals surface area contributed by atoms with Crippen molar-refractivity contribution in [3.05, 3.63) is 52.8 Å². The molecule has 0 saturated heterocycles. The first-order valence-electron chi connectivity index (χ1n) is 3.92. The predicted molar refractivity (Wildman–Crippen MR) is 50.9 cm³/mol. The summed E-state index contributed by atoms with van der Waals surface area (Å²) in [4.78, 5) is 0. The average molecular weight is 178 g/mol. The van der Waals surface area contributed by atoms with Crippen molar-refractivity contribution >= 4 is 0 Å². The standard InChI is InChI=1S/C11H11FO/c1-7-4-5-10(9(3)13)8(2)6-11(7)12/h5-6,13H,3H2,1-2H3. The highest BCUT2D eigenvalue weighted by molar-refractivity contribution is 5.47. The van der Waals surface area contributed by atoms with Gasteiger partial charge in [-0.2, -0.15) is 0 Å². The molecule has 1 nitrogen and oxygen atoms in total. The lowest BCUT2D eigenvalue weighted by Crippen LogP contribution is -1.85. The molecule has 1 N–H and O–H groups in total. The Labute approximate surface area is 76.9 Å². The van der Waals surface area contributed by atoms with Crippen LogP contribution in [-0.4, -0.2) is 5.11 Å². The minimum absolute atomic E-state index is 0.0660. The van der Waals surface area contributed by atoms with Gasteiger partial charge in [0.15, 0.2) is 0 Å². The van der Waals surface area contributed by atoms with E-state index in [1.54, 1.807) is 13.8 Å². The fourth-order valence-corrected chi connectivity index (χ4v) is 1.05. The van der Waals surface area contributed by atoms with Gasteiger partial charge in [0.2, 0.25) is 0 Å². The Kier molecular flexibility index (Phi) is 2.54.